The van der Waals surface area contributed by atoms with Crippen LogP contribution in [-0.2, 0) is 0 Å². The summed E-state index contributed by atoms with van der Waals surface area (Å²) in [5.74, 6) is 1.27. The molecule has 0 atom stereocenters. The lowest BCUT2D eigenvalue weighted by Gasteiger charge is -2.28. The highest BCUT2D eigenvalue weighted by Crippen LogP contribution is 2.26. The molecule has 0 aromatic heterocycles. The smallest absolute Gasteiger partial charge is 0.163 e. The van der Waals surface area contributed by atoms with Crippen LogP contribution in [-0.4, -0.2) is 37.9 Å². The second-order valence-corrected chi connectivity index (χ2v) is 5.33. The van der Waals surface area contributed by atoms with E-state index in [1.807, 2.05) is 0 Å². The van der Waals surface area contributed by atoms with E-state index in [1.54, 1.807) is 25.3 Å². The molecule has 0 saturated carbocycles. The normalized spacial score (nSPS) is 17.4. The third kappa shape index (κ3) is 3.47. The van der Waals surface area contributed by atoms with Crippen molar-refractivity contribution in [1.29, 1.82) is 0 Å². The number of rotatable bonds is 4. The van der Waals surface area contributed by atoms with E-state index >= 15 is 0 Å². The lowest BCUT2D eigenvalue weighted by molar-refractivity contribution is 0.0936. The van der Waals surface area contributed by atoms with Crippen LogP contribution in [0.2, 0.25) is 0 Å². The van der Waals surface area contributed by atoms with Gasteiger partial charge < -0.3 is 15.4 Å². The third-order valence-corrected chi connectivity index (χ3v) is 3.87. The van der Waals surface area contributed by atoms with Gasteiger partial charge in [-0.1, -0.05) is 0 Å². The minimum absolute atomic E-state index is 0.188. The van der Waals surface area contributed by atoms with Gasteiger partial charge in [0.2, 0.25) is 0 Å². The summed E-state index contributed by atoms with van der Waals surface area (Å²) in [6.07, 6.45) is 2.84. The number of carbonyl (C=O) groups is 1. The molecule has 4 nitrogen and oxygen atoms in total. The fourth-order valence-corrected chi connectivity index (χ4v) is 2.53. The number of ketones is 1. The highest BCUT2D eigenvalue weighted by atomic mass is 16.5. The first-order valence-corrected chi connectivity index (χ1v) is 6.75. The SMILES string of the molecule is COc1cc(C(=O)CC2CCN(C)CC2)ccc1N. The molecule has 0 radical (unpaired) electrons. The van der Waals surface area contributed by atoms with Crippen LogP contribution in [0.15, 0.2) is 18.2 Å². The highest BCUT2D eigenvalue weighted by Gasteiger charge is 2.20. The zero-order valence-corrected chi connectivity index (χ0v) is 11.7. The minimum Gasteiger partial charge on any atom is -0.495 e. The van der Waals surface area contributed by atoms with Crippen molar-refractivity contribution >= 4 is 11.5 Å². The summed E-state index contributed by atoms with van der Waals surface area (Å²) >= 11 is 0. The molecule has 0 amide bonds. The number of Topliss-reactive ketones (excluding diaryl/α,β-unsaturated/α-hetero) is 1. The Morgan fingerprint density at radius 3 is 2.74 bits per heavy atom. The van der Waals surface area contributed by atoms with E-state index in [9.17, 15) is 4.79 Å². The molecule has 1 fully saturated rings. The predicted octanol–water partition coefficient (Wildman–Crippen LogP) is 2.19. The van der Waals surface area contributed by atoms with Crippen LogP contribution in [0.1, 0.15) is 29.6 Å². The van der Waals surface area contributed by atoms with Gasteiger partial charge in [-0.05, 0) is 57.1 Å². The fraction of sp³-hybridized carbons (Fsp3) is 0.533. The maximum absolute atomic E-state index is 12.3. The number of methoxy groups -OCH3 is 1. The molecule has 0 aliphatic carbocycles. The van der Waals surface area contributed by atoms with Gasteiger partial charge in [0.15, 0.2) is 5.78 Å². The fourth-order valence-electron chi connectivity index (χ4n) is 2.53. The molecule has 0 bridgehead atoms. The second kappa shape index (κ2) is 6.06. The van der Waals surface area contributed by atoms with Gasteiger partial charge in [-0.3, -0.25) is 4.79 Å². The quantitative estimate of drug-likeness (QED) is 0.667. The Labute approximate surface area is 114 Å². The van der Waals surface area contributed by atoms with Gasteiger partial charge in [0.25, 0.3) is 0 Å². The average molecular weight is 262 g/mol. The number of benzene rings is 1. The Morgan fingerprint density at radius 1 is 1.42 bits per heavy atom. The Kier molecular flexibility index (Phi) is 4.43. The molecule has 1 aromatic rings. The van der Waals surface area contributed by atoms with Gasteiger partial charge >= 0.3 is 0 Å². The van der Waals surface area contributed by atoms with E-state index < -0.39 is 0 Å². The molecule has 19 heavy (non-hydrogen) atoms. The molecular weight excluding hydrogens is 240 g/mol. The number of carbonyl (C=O) groups excluding carboxylic acids is 1. The summed E-state index contributed by atoms with van der Waals surface area (Å²) in [4.78, 5) is 14.6. The van der Waals surface area contributed by atoms with E-state index in [-0.39, 0.29) is 5.78 Å². The predicted molar refractivity (Wildman–Crippen MR) is 76.6 cm³/mol. The first-order chi connectivity index (χ1) is 9.10. The van der Waals surface area contributed by atoms with Crippen LogP contribution in [0.5, 0.6) is 5.75 Å². The van der Waals surface area contributed by atoms with Gasteiger partial charge in [0.1, 0.15) is 5.75 Å². The summed E-state index contributed by atoms with van der Waals surface area (Å²) in [7, 11) is 3.69. The van der Waals surface area contributed by atoms with Crippen molar-refractivity contribution in [3.05, 3.63) is 23.8 Å². The van der Waals surface area contributed by atoms with Crippen molar-refractivity contribution in [3.63, 3.8) is 0 Å². The Bertz CT molecular complexity index is 451. The van der Waals surface area contributed by atoms with Crippen LogP contribution in [0, 0.1) is 5.92 Å². The molecule has 1 heterocycles. The topological polar surface area (TPSA) is 55.6 Å². The van der Waals surface area contributed by atoms with Gasteiger partial charge in [-0.25, -0.2) is 0 Å². The number of hydrogen-bond donors (Lipinski definition) is 1. The van der Waals surface area contributed by atoms with Gasteiger partial charge in [0.05, 0.1) is 12.8 Å². The lowest BCUT2D eigenvalue weighted by Crippen LogP contribution is -2.31. The van der Waals surface area contributed by atoms with E-state index in [1.165, 1.54) is 0 Å². The number of anilines is 1. The molecule has 1 aromatic carbocycles. The number of nitrogens with zero attached hydrogens (tertiary/aromatic N) is 1. The maximum atomic E-state index is 12.3. The molecule has 4 heteroatoms. The monoisotopic (exact) mass is 262 g/mol. The van der Waals surface area contributed by atoms with Gasteiger partial charge in [0, 0.05) is 12.0 Å². The van der Waals surface area contributed by atoms with E-state index in [0.29, 0.717) is 29.3 Å². The zero-order chi connectivity index (χ0) is 13.8. The van der Waals surface area contributed by atoms with Crippen LogP contribution in [0.3, 0.4) is 0 Å². The average Bonchev–Trinajstić information content (AvgIpc) is 2.42. The Hall–Kier alpha value is -1.55. The molecule has 0 unspecified atom stereocenters. The summed E-state index contributed by atoms with van der Waals surface area (Å²) < 4.78 is 5.16. The molecule has 1 aliphatic heterocycles. The lowest BCUT2D eigenvalue weighted by atomic mass is 9.90. The van der Waals surface area contributed by atoms with Crippen LogP contribution in [0.25, 0.3) is 0 Å². The molecule has 2 rings (SSSR count). The van der Waals surface area contributed by atoms with Crippen molar-refractivity contribution in [3.8, 4) is 5.75 Å². The van der Waals surface area contributed by atoms with Crippen molar-refractivity contribution in [1.82, 2.24) is 4.90 Å². The number of hydrogen-bond acceptors (Lipinski definition) is 4. The first kappa shape index (κ1) is 13.9. The number of likely N-dealkylation sites (tertiary alicyclic amines) is 1. The maximum Gasteiger partial charge on any atom is 0.163 e. The number of piperidine rings is 1. The number of nitrogens with two attached hydrogens (primary N) is 1. The Morgan fingerprint density at radius 2 is 2.11 bits per heavy atom. The largest absolute Gasteiger partial charge is 0.495 e. The van der Waals surface area contributed by atoms with Crippen LogP contribution in [0.4, 0.5) is 5.69 Å². The van der Waals surface area contributed by atoms with Gasteiger partial charge in [-0.15, -0.1) is 0 Å². The second-order valence-electron chi connectivity index (χ2n) is 5.33. The highest BCUT2D eigenvalue weighted by molar-refractivity contribution is 5.97. The van der Waals surface area contributed by atoms with Crippen molar-refractivity contribution in [2.45, 2.75) is 19.3 Å². The molecule has 104 valence electrons. The molecule has 2 N–H and O–H groups in total. The van der Waals surface area contributed by atoms with Crippen molar-refractivity contribution in [2.24, 2.45) is 5.92 Å². The van der Waals surface area contributed by atoms with E-state index in [2.05, 4.69) is 11.9 Å². The van der Waals surface area contributed by atoms with Crippen LogP contribution < -0.4 is 10.5 Å². The summed E-state index contributed by atoms with van der Waals surface area (Å²) in [6.45, 7) is 2.17. The summed E-state index contributed by atoms with van der Waals surface area (Å²) in [5, 5.41) is 0. The molecule has 1 saturated heterocycles. The number of nitrogen functional groups attached to an aromatic ring is 1. The van der Waals surface area contributed by atoms with E-state index in [4.69, 9.17) is 10.5 Å². The Balaban J connectivity index is 2.00. The van der Waals surface area contributed by atoms with E-state index in [0.717, 1.165) is 25.9 Å². The molecular formula is C15H22N2O2. The summed E-state index contributed by atoms with van der Waals surface area (Å²) in [5.41, 5.74) is 7.02. The standard InChI is InChI=1S/C15H22N2O2/c1-17-7-5-11(6-8-17)9-14(18)12-3-4-13(16)15(10-12)19-2/h3-4,10-11H,5-9,16H2,1-2H3. The van der Waals surface area contributed by atoms with Crippen LogP contribution >= 0.6 is 0 Å². The molecule has 0 spiro atoms. The first-order valence-electron chi connectivity index (χ1n) is 6.75. The van der Waals surface area contributed by atoms with Crippen molar-refractivity contribution < 1.29 is 9.53 Å². The molecule has 1 aliphatic rings. The minimum atomic E-state index is 0.188. The van der Waals surface area contributed by atoms with Gasteiger partial charge in [-0.2, -0.15) is 0 Å². The third-order valence-electron chi connectivity index (χ3n) is 3.87. The zero-order valence-electron chi connectivity index (χ0n) is 11.7. The number of ether oxygens (including phenoxy) is 1. The summed E-state index contributed by atoms with van der Waals surface area (Å²) in [6, 6.07) is 5.27. The van der Waals surface area contributed by atoms with Crippen molar-refractivity contribution in [2.75, 3.05) is 33.0 Å².